The second-order valence-electron chi connectivity index (χ2n) is 11.4. The van der Waals surface area contributed by atoms with E-state index in [1.54, 1.807) is 25.3 Å². The van der Waals surface area contributed by atoms with Gasteiger partial charge >= 0.3 is 0 Å². The van der Waals surface area contributed by atoms with Crippen molar-refractivity contribution in [2.45, 2.75) is 50.5 Å². The normalized spacial score (nSPS) is 17.8. The molecule has 2 aromatic heterocycles. The summed E-state index contributed by atoms with van der Waals surface area (Å²) in [5, 5.41) is 8.79. The number of amides is 2. The van der Waals surface area contributed by atoms with Crippen molar-refractivity contribution in [1.29, 1.82) is 0 Å². The molecule has 2 atom stereocenters. The minimum Gasteiger partial charge on any atom is -0.494 e. The number of nitrogens with one attached hydrogen (secondary N) is 1. The summed E-state index contributed by atoms with van der Waals surface area (Å²) < 4.78 is 27.5. The standard InChI is InChI=1S/C31H30ClFN4O3.CH3NO/c1-16-15-40-30-22(16)12-26(35-29(30)18-5-8-25(33)24(32)10-18)23(17-3-4-17)13-34-31(38)19-9-20-14-37(21-6-7-21)36-28(20)27(11-19)39-2;2-1-3/h5,8-12,14,16-17,21,23H,3-4,6-7,13,15H2,1-2H3,(H,34,38);1H,(H2,2,3). The average Bonchev–Trinajstić information content (AvgIpc) is 3.94. The summed E-state index contributed by atoms with van der Waals surface area (Å²) in [5.74, 6) is 1.37. The maximum atomic E-state index is 13.9. The minimum absolute atomic E-state index is 0.0416. The van der Waals surface area contributed by atoms with Crippen molar-refractivity contribution in [3.63, 3.8) is 0 Å². The molecule has 0 saturated heterocycles. The summed E-state index contributed by atoms with van der Waals surface area (Å²) in [6.07, 6.45) is 6.68. The quantitative estimate of drug-likeness (QED) is 0.247. The van der Waals surface area contributed by atoms with Crippen molar-refractivity contribution in [2.24, 2.45) is 11.7 Å². The second-order valence-corrected chi connectivity index (χ2v) is 11.8. The number of nitrogens with two attached hydrogens (primary N) is 1. The van der Waals surface area contributed by atoms with E-state index in [1.165, 1.54) is 6.07 Å². The van der Waals surface area contributed by atoms with E-state index in [2.05, 4.69) is 29.1 Å². The Labute approximate surface area is 253 Å². The molecule has 3 N–H and O–H groups in total. The zero-order valence-corrected chi connectivity index (χ0v) is 24.7. The van der Waals surface area contributed by atoms with Gasteiger partial charge in [0.05, 0.1) is 24.8 Å². The maximum absolute atomic E-state index is 13.9. The topological polar surface area (TPSA) is 121 Å². The summed E-state index contributed by atoms with van der Waals surface area (Å²) >= 11 is 6.12. The van der Waals surface area contributed by atoms with Crippen molar-refractivity contribution in [3.05, 3.63) is 70.3 Å². The number of primary amides is 1. The molecule has 9 nitrogen and oxygen atoms in total. The van der Waals surface area contributed by atoms with Gasteiger partial charge in [0.15, 0.2) is 0 Å². The first-order valence-corrected chi connectivity index (χ1v) is 14.8. The molecule has 0 bridgehead atoms. The molecule has 3 aliphatic rings. The van der Waals surface area contributed by atoms with Crippen LogP contribution in [0.25, 0.3) is 22.2 Å². The predicted molar refractivity (Wildman–Crippen MR) is 161 cm³/mol. The zero-order chi connectivity index (χ0) is 30.2. The van der Waals surface area contributed by atoms with Crippen LogP contribution in [0.2, 0.25) is 5.02 Å². The van der Waals surface area contributed by atoms with Gasteiger partial charge in [0.2, 0.25) is 6.41 Å². The van der Waals surface area contributed by atoms with E-state index in [1.807, 2.05) is 16.9 Å². The van der Waals surface area contributed by atoms with Crippen LogP contribution in [0.3, 0.4) is 0 Å². The highest BCUT2D eigenvalue weighted by atomic mass is 35.5. The Kier molecular flexibility index (Phi) is 7.96. The van der Waals surface area contributed by atoms with E-state index in [-0.39, 0.29) is 29.2 Å². The molecule has 1 aliphatic heterocycles. The molecule has 43 heavy (non-hydrogen) atoms. The first kappa shape index (κ1) is 28.9. The molecule has 2 aromatic carbocycles. The number of benzene rings is 2. The van der Waals surface area contributed by atoms with Crippen LogP contribution in [0, 0.1) is 11.7 Å². The van der Waals surface area contributed by atoms with Crippen LogP contribution >= 0.6 is 11.6 Å². The molecule has 4 aromatic rings. The van der Waals surface area contributed by atoms with Gasteiger partial charge in [-0.1, -0.05) is 18.5 Å². The number of aromatic nitrogens is 3. The second kappa shape index (κ2) is 11.8. The molecule has 2 amide bonds. The fraction of sp³-hybridized carbons (Fsp3) is 0.375. The van der Waals surface area contributed by atoms with Gasteiger partial charge in [-0.2, -0.15) is 5.10 Å². The average molecular weight is 606 g/mol. The summed E-state index contributed by atoms with van der Waals surface area (Å²) in [4.78, 5) is 27.0. The molecule has 11 heteroatoms. The summed E-state index contributed by atoms with van der Waals surface area (Å²) in [6.45, 7) is 3.14. The van der Waals surface area contributed by atoms with Gasteiger partial charge in [-0.15, -0.1) is 0 Å². The highest BCUT2D eigenvalue weighted by Gasteiger charge is 2.36. The fourth-order valence-electron chi connectivity index (χ4n) is 5.67. The lowest BCUT2D eigenvalue weighted by molar-refractivity contribution is -0.106. The van der Waals surface area contributed by atoms with Crippen LogP contribution in [-0.2, 0) is 4.79 Å². The first-order chi connectivity index (χ1) is 20.8. The lowest BCUT2D eigenvalue weighted by atomic mass is 9.93. The molecule has 2 unspecified atom stereocenters. The number of carbonyl (C=O) groups is 2. The Hall–Kier alpha value is -4.18. The van der Waals surface area contributed by atoms with Crippen molar-refractivity contribution in [3.8, 4) is 22.8 Å². The van der Waals surface area contributed by atoms with E-state index in [4.69, 9.17) is 30.9 Å². The van der Waals surface area contributed by atoms with E-state index in [0.717, 1.165) is 53.6 Å². The Morgan fingerprint density at radius 1 is 1.26 bits per heavy atom. The van der Waals surface area contributed by atoms with Crippen LogP contribution < -0.4 is 20.5 Å². The van der Waals surface area contributed by atoms with Crippen LogP contribution in [0.4, 0.5) is 4.39 Å². The van der Waals surface area contributed by atoms with Gasteiger partial charge in [-0.05, 0) is 68.0 Å². The van der Waals surface area contributed by atoms with Crippen molar-refractivity contribution >= 4 is 34.8 Å². The van der Waals surface area contributed by atoms with Gasteiger partial charge in [-0.3, -0.25) is 14.3 Å². The molecule has 224 valence electrons. The molecule has 2 aliphatic carbocycles. The first-order valence-electron chi connectivity index (χ1n) is 14.4. The number of pyridine rings is 1. The van der Waals surface area contributed by atoms with Gasteiger partial charge in [0, 0.05) is 52.3 Å². The van der Waals surface area contributed by atoms with Crippen LogP contribution in [-0.4, -0.2) is 47.3 Å². The number of halogens is 2. The van der Waals surface area contributed by atoms with Crippen LogP contribution in [0.5, 0.6) is 11.5 Å². The Bertz CT molecular complexity index is 1700. The summed E-state index contributed by atoms with van der Waals surface area (Å²) in [6, 6.07) is 10.8. The Morgan fingerprint density at radius 2 is 2.02 bits per heavy atom. The van der Waals surface area contributed by atoms with Crippen molar-refractivity contribution in [1.82, 2.24) is 20.1 Å². The van der Waals surface area contributed by atoms with Crippen LogP contribution in [0.15, 0.2) is 42.6 Å². The summed E-state index contributed by atoms with van der Waals surface area (Å²) in [7, 11) is 1.60. The van der Waals surface area contributed by atoms with E-state index in [9.17, 15) is 9.18 Å². The van der Waals surface area contributed by atoms with Gasteiger partial charge < -0.3 is 20.5 Å². The third-order valence-corrected chi connectivity index (χ3v) is 8.56. The van der Waals surface area contributed by atoms with Gasteiger partial charge in [0.25, 0.3) is 5.91 Å². The smallest absolute Gasteiger partial charge is 0.251 e. The largest absolute Gasteiger partial charge is 0.494 e. The van der Waals surface area contributed by atoms with Crippen LogP contribution in [0.1, 0.15) is 72.1 Å². The number of carbonyl (C=O) groups excluding carboxylic acids is 2. The molecule has 3 heterocycles. The number of rotatable bonds is 8. The SMILES string of the molecule is COc1cc(C(=O)NCC(c2cc3c(c(-c4ccc(F)c(Cl)c4)n2)OCC3C)C2CC2)cc2cn(C3CC3)nc12.NC=O. The molecule has 0 spiro atoms. The minimum atomic E-state index is -0.472. The van der Waals surface area contributed by atoms with E-state index < -0.39 is 5.82 Å². The number of fused-ring (bicyclic) bond motifs is 2. The highest BCUT2D eigenvalue weighted by molar-refractivity contribution is 6.31. The third-order valence-electron chi connectivity index (χ3n) is 8.27. The molecule has 2 fully saturated rings. The maximum Gasteiger partial charge on any atom is 0.251 e. The fourth-order valence-corrected chi connectivity index (χ4v) is 5.85. The number of hydrogen-bond donors (Lipinski definition) is 2. The lowest BCUT2D eigenvalue weighted by Gasteiger charge is -2.20. The van der Waals surface area contributed by atoms with Gasteiger partial charge in [-0.25, -0.2) is 9.37 Å². The number of hydrogen-bond acceptors (Lipinski definition) is 6. The van der Waals surface area contributed by atoms with E-state index >= 15 is 0 Å². The number of ether oxygens (including phenoxy) is 2. The highest BCUT2D eigenvalue weighted by Crippen LogP contribution is 2.47. The molecular weight excluding hydrogens is 573 g/mol. The molecule has 0 radical (unpaired) electrons. The van der Waals surface area contributed by atoms with Crippen molar-refractivity contribution in [2.75, 3.05) is 20.3 Å². The Balaban J connectivity index is 0.00000105. The monoisotopic (exact) mass is 605 g/mol. The molecular formula is C32H33ClFN5O4. The van der Waals surface area contributed by atoms with Gasteiger partial charge in [0.1, 0.15) is 28.5 Å². The van der Waals surface area contributed by atoms with Crippen molar-refractivity contribution < 1.29 is 23.5 Å². The summed E-state index contributed by atoms with van der Waals surface area (Å²) in [5.41, 5.74) is 8.85. The predicted octanol–water partition coefficient (Wildman–Crippen LogP) is 5.76. The lowest BCUT2D eigenvalue weighted by Crippen LogP contribution is -2.29. The number of nitrogens with zero attached hydrogens (tertiary/aromatic N) is 3. The molecule has 7 rings (SSSR count). The number of methoxy groups -OCH3 is 1. The van der Waals surface area contributed by atoms with E-state index in [0.29, 0.717) is 47.7 Å². The Morgan fingerprint density at radius 3 is 2.70 bits per heavy atom. The third kappa shape index (κ3) is 5.88. The zero-order valence-electron chi connectivity index (χ0n) is 24.0. The molecule has 2 saturated carbocycles.